The number of nitrogens with zero attached hydrogens (tertiary/aromatic N) is 1. The van der Waals surface area contributed by atoms with Gasteiger partial charge in [0, 0.05) is 20.3 Å². The van der Waals surface area contributed by atoms with E-state index in [-0.39, 0.29) is 11.6 Å². The van der Waals surface area contributed by atoms with Crippen molar-refractivity contribution in [3.8, 4) is 0 Å². The Hall–Kier alpha value is -1.97. The predicted octanol–water partition coefficient (Wildman–Crippen LogP) is 2.92. The van der Waals surface area contributed by atoms with E-state index in [1.807, 2.05) is 0 Å². The number of halogens is 1. The molecule has 0 fully saturated rings. The second-order valence-corrected chi connectivity index (χ2v) is 3.86. The van der Waals surface area contributed by atoms with Crippen LogP contribution in [0, 0.1) is 12.7 Å². The number of benzene rings is 1. The van der Waals surface area contributed by atoms with Gasteiger partial charge in [-0.05, 0) is 17.7 Å². The van der Waals surface area contributed by atoms with Gasteiger partial charge in [0.1, 0.15) is 17.3 Å². The molecule has 0 bridgehead atoms. The van der Waals surface area contributed by atoms with Crippen LogP contribution in [0.1, 0.15) is 34.6 Å². The van der Waals surface area contributed by atoms with Crippen LogP contribution in [-0.4, -0.2) is 10.8 Å². The first kappa shape index (κ1) is 11.5. The molecule has 0 aliphatic carbocycles. The maximum Gasteiger partial charge on any atom is 0.191 e. The Morgan fingerprint density at radius 2 is 2.00 bits per heavy atom. The van der Waals surface area contributed by atoms with Gasteiger partial charge in [-0.1, -0.05) is 12.1 Å². The van der Waals surface area contributed by atoms with Gasteiger partial charge in [0.25, 0.3) is 0 Å². The minimum absolute atomic E-state index is 0.126. The zero-order chi connectivity index (χ0) is 12.4. The number of ketones is 1. The third-order valence-corrected chi connectivity index (χ3v) is 2.42. The molecule has 0 spiro atoms. The molecule has 0 aliphatic heterocycles. The monoisotopic (exact) mass is 233 g/mol. The summed E-state index contributed by atoms with van der Waals surface area (Å²) in [5, 5.41) is 0. The lowest BCUT2D eigenvalue weighted by Gasteiger charge is -1.99. The minimum Gasteiger partial charge on any atom is -0.445 e. The fraction of sp³-hybridized carbons (Fsp3) is 0.231. The number of carbonyl (C=O) groups is 1. The summed E-state index contributed by atoms with van der Waals surface area (Å²) in [6, 6.07) is 6.09. The number of hydrogen-bond acceptors (Lipinski definition) is 3. The van der Waals surface area contributed by atoms with Gasteiger partial charge < -0.3 is 4.42 Å². The molecular formula is C13H12FNO2. The first-order valence-corrected chi connectivity index (χ1v) is 5.28. The predicted molar refractivity (Wildman–Crippen MR) is 60.5 cm³/mol. The molecule has 0 amide bonds. The summed E-state index contributed by atoms with van der Waals surface area (Å²) < 4.78 is 18.1. The Morgan fingerprint density at radius 3 is 2.59 bits per heavy atom. The van der Waals surface area contributed by atoms with Crippen LogP contribution in [0.3, 0.4) is 0 Å². The summed E-state index contributed by atoms with van der Waals surface area (Å²) in [5.41, 5.74) is 1.23. The third kappa shape index (κ3) is 2.58. The Balaban J connectivity index is 2.29. The lowest BCUT2D eigenvalue weighted by Crippen LogP contribution is -1.98. The molecule has 2 rings (SSSR count). The standard InChI is InChI=1S/C13H12FNO2/c1-8(16)13-12(17-9(2)15-13)7-10-3-5-11(14)6-4-10/h3-6H,7H2,1-2H3. The molecule has 17 heavy (non-hydrogen) atoms. The van der Waals surface area contributed by atoms with Crippen LogP contribution in [0.15, 0.2) is 28.7 Å². The van der Waals surface area contributed by atoms with Crippen molar-refractivity contribution in [2.75, 3.05) is 0 Å². The van der Waals surface area contributed by atoms with E-state index in [2.05, 4.69) is 4.98 Å². The normalized spacial score (nSPS) is 10.5. The average molecular weight is 233 g/mol. The molecule has 0 N–H and O–H groups in total. The van der Waals surface area contributed by atoms with Crippen LogP contribution in [0.4, 0.5) is 4.39 Å². The molecule has 2 aromatic rings. The molecule has 1 aromatic carbocycles. The molecule has 0 unspecified atom stereocenters. The largest absolute Gasteiger partial charge is 0.445 e. The van der Waals surface area contributed by atoms with Crippen molar-refractivity contribution in [3.63, 3.8) is 0 Å². The van der Waals surface area contributed by atoms with Gasteiger partial charge in [-0.25, -0.2) is 9.37 Å². The quantitative estimate of drug-likeness (QED) is 0.765. The van der Waals surface area contributed by atoms with Gasteiger partial charge in [-0.15, -0.1) is 0 Å². The van der Waals surface area contributed by atoms with Crippen molar-refractivity contribution in [1.82, 2.24) is 4.98 Å². The first-order chi connectivity index (χ1) is 8.06. The van der Waals surface area contributed by atoms with Crippen LogP contribution >= 0.6 is 0 Å². The van der Waals surface area contributed by atoms with Crippen molar-refractivity contribution < 1.29 is 13.6 Å². The molecular weight excluding hydrogens is 221 g/mol. The van der Waals surface area contributed by atoms with Crippen molar-refractivity contribution in [1.29, 1.82) is 0 Å². The minimum atomic E-state index is -0.283. The Kier molecular flexibility index (Phi) is 3.04. The lowest BCUT2D eigenvalue weighted by atomic mass is 10.1. The average Bonchev–Trinajstić information content (AvgIpc) is 2.63. The number of oxazole rings is 1. The second kappa shape index (κ2) is 4.49. The molecule has 1 aromatic heterocycles. The number of rotatable bonds is 3. The van der Waals surface area contributed by atoms with Gasteiger partial charge in [-0.3, -0.25) is 4.79 Å². The molecule has 88 valence electrons. The number of Topliss-reactive ketones (excluding diaryl/α,β-unsaturated/α-hetero) is 1. The molecule has 3 nitrogen and oxygen atoms in total. The van der Waals surface area contributed by atoms with Crippen molar-refractivity contribution in [2.24, 2.45) is 0 Å². The number of aromatic nitrogens is 1. The summed E-state index contributed by atoms with van der Waals surface area (Å²) in [6.45, 7) is 3.14. The Labute approximate surface area is 98.3 Å². The van der Waals surface area contributed by atoms with E-state index >= 15 is 0 Å². The van der Waals surface area contributed by atoms with Gasteiger partial charge >= 0.3 is 0 Å². The molecule has 0 saturated heterocycles. The van der Waals surface area contributed by atoms with E-state index in [1.54, 1.807) is 19.1 Å². The summed E-state index contributed by atoms with van der Waals surface area (Å²) >= 11 is 0. The molecule has 1 heterocycles. The number of carbonyl (C=O) groups excluding carboxylic acids is 1. The van der Waals surface area contributed by atoms with Crippen LogP contribution in [0.25, 0.3) is 0 Å². The van der Waals surface area contributed by atoms with Crippen molar-refractivity contribution in [2.45, 2.75) is 20.3 Å². The van der Waals surface area contributed by atoms with Gasteiger partial charge in [0.05, 0.1) is 0 Å². The zero-order valence-electron chi connectivity index (χ0n) is 9.66. The highest BCUT2D eigenvalue weighted by molar-refractivity contribution is 5.93. The number of hydrogen-bond donors (Lipinski definition) is 0. The molecule has 4 heteroatoms. The maximum absolute atomic E-state index is 12.7. The van der Waals surface area contributed by atoms with Crippen molar-refractivity contribution >= 4 is 5.78 Å². The van der Waals surface area contributed by atoms with Crippen LogP contribution in [-0.2, 0) is 6.42 Å². The van der Waals surface area contributed by atoms with Crippen LogP contribution < -0.4 is 0 Å². The topological polar surface area (TPSA) is 43.1 Å². The van der Waals surface area contributed by atoms with Gasteiger partial charge in [-0.2, -0.15) is 0 Å². The maximum atomic E-state index is 12.7. The summed E-state index contributed by atoms with van der Waals surface area (Å²) in [5.74, 6) is 0.585. The first-order valence-electron chi connectivity index (χ1n) is 5.28. The van der Waals surface area contributed by atoms with Crippen molar-refractivity contribution in [3.05, 3.63) is 53.0 Å². The van der Waals surface area contributed by atoms with Gasteiger partial charge in [0.15, 0.2) is 11.7 Å². The molecule has 0 saturated carbocycles. The van der Waals surface area contributed by atoms with E-state index in [4.69, 9.17) is 4.42 Å². The fourth-order valence-corrected chi connectivity index (χ4v) is 1.65. The number of aryl methyl sites for hydroxylation is 1. The summed E-state index contributed by atoms with van der Waals surface area (Å²) in [7, 11) is 0. The summed E-state index contributed by atoms with van der Waals surface area (Å²) in [4.78, 5) is 15.4. The van der Waals surface area contributed by atoms with Crippen LogP contribution in [0.5, 0.6) is 0 Å². The third-order valence-electron chi connectivity index (χ3n) is 2.42. The fourth-order valence-electron chi connectivity index (χ4n) is 1.65. The Morgan fingerprint density at radius 1 is 1.35 bits per heavy atom. The summed E-state index contributed by atoms with van der Waals surface area (Å²) in [6.07, 6.45) is 0.441. The zero-order valence-corrected chi connectivity index (χ0v) is 9.66. The molecule has 0 radical (unpaired) electrons. The SMILES string of the molecule is CC(=O)c1nc(C)oc1Cc1ccc(F)cc1. The molecule has 0 aliphatic rings. The smallest absolute Gasteiger partial charge is 0.191 e. The van der Waals surface area contributed by atoms with Crippen LogP contribution in [0.2, 0.25) is 0 Å². The highest BCUT2D eigenvalue weighted by atomic mass is 19.1. The highest BCUT2D eigenvalue weighted by Gasteiger charge is 2.15. The van der Waals surface area contributed by atoms with E-state index < -0.39 is 0 Å². The molecule has 0 atom stereocenters. The second-order valence-electron chi connectivity index (χ2n) is 3.86. The highest BCUT2D eigenvalue weighted by Crippen LogP contribution is 2.16. The lowest BCUT2D eigenvalue weighted by molar-refractivity contribution is 0.101. The van der Waals surface area contributed by atoms with E-state index in [0.717, 1.165) is 5.56 Å². The van der Waals surface area contributed by atoms with E-state index in [1.165, 1.54) is 19.1 Å². The van der Waals surface area contributed by atoms with Gasteiger partial charge in [0.2, 0.25) is 0 Å². The van der Waals surface area contributed by atoms with E-state index in [9.17, 15) is 9.18 Å². The Bertz CT molecular complexity index is 543. The van der Waals surface area contributed by atoms with E-state index in [0.29, 0.717) is 23.8 Å².